The molecule has 68 valence electrons. The standard InChI is InChI=1S/C8H6ClIN2O/c1-13-7-3-6-4(2-5(7)9)8(10)12-11-6/h2-3H,1H3,(H,11,12). The highest BCUT2D eigenvalue weighted by atomic mass is 127. The molecule has 13 heavy (non-hydrogen) atoms. The monoisotopic (exact) mass is 308 g/mol. The second-order valence-electron chi connectivity index (χ2n) is 2.54. The second kappa shape index (κ2) is 3.34. The number of rotatable bonds is 1. The molecule has 0 aliphatic heterocycles. The lowest BCUT2D eigenvalue weighted by Gasteiger charge is -2.01. The summed E-state index contributed by atoms with van der Waals surface area (Å²) in [4.78, 5) is 0. The van der Waals surface area contributed by atoms with E-state index >= 15 is 0 Å². The van der Waals surface area contributed by atoms with E-state index in [-0.39, 0.29) is 0 Å². The van der Waals surface area contributed by atoms with Gasteiger partial charge in [-0.1, -0.05) is 11.6 Å². The zero-order valence-electron chi connectivity index (χ0n) is 6.77. The zero-order chi connectivity index (χ0) is 9.42. The molecule has 1 N–H and O–H groups in total. The lowest BCUT2D eigenvalue weighted by molar-refractivity contribution is 0.415. The second-order valence-corrected chi connectivity index (χ2v) is 4.03. The topological polar surface area (TPSA) is 37.9 Å². The Balaban J connectivity index is 2.76. The van der Waals surface area contributed by atoms with Crippen molar-refractivity contribution in [2.24, 2.45) is 0 Å². The first-order valence-electron chi connectivity index (χ1n) is 3.59. The third-order valence-electron chi connectivity index (χ3n) is 1.78. The van der Waals surface area contributed by atoms with Crippen molar-refractivity contribution >= 4 is 45.1 Å². The molecule has 0 radical (unpaired) electrons. The lowest BCUT2D eigenvalue weighted by Crippen LogP contribution is -1.83. The first-order chi connectivity index (χ1) is 6.22. The van der Waals surface area contributed by atoms with Gasteiger partial charge in [0.05, 0.1) is 17.6 Å². The van der Waals surface area contributed by atoms with E-state index in [0.717, 1.165) is 14.6 Å². The van der Waals surface area contributed by atoms with Crippen molar-refractivity contribution in [3.05, 3.63) is 20.9 Å². The molecule has 0 amide bonds. The predicted molar refractivity (Wildman–Crippen MR) is 60.4 cm³/mol. The van der Waals surface area contributed by atoms with E-state index in [0.29, 0.717) is 10.8 Å². The molecule has 0 spiro atoms. The summed E-state index contributed by atoms with van der Waals surface area (Å²) in [6, 6.07) is 3.66. The summed E-state index contributed by atoms with van der Waals surface area (Å²) < 4.78 is 6.06. The fourth-order valence-corrected chi connectivity index (χ4v) is 1.93. The molecule has 0 saturated heterocycles. The Bertz CT molecular complexity index is 455. The van der Waals surface area contributed by atoms with Gasteiger partial charge in [-0.25, -0.2) is 0 Å². The molecule has 0 bridgehead atoms. The van der Waals surface area contributed by atoms with Crippen molar-refractivity contribution < 1.29 is 4.74 Å². The maximum Gasteiger partial charge on any atom is 0.139 e. The number of H-pyrrole nitrogens is 1. The third kappa shape index (κ3) is 1.48. The number of ether oxygens (including phenoxy) is 1. The van der Waals surface area contributed by atoms with Gasteiger partial charge in [-0.2, -0.15) is 5.10 Å². The highest BCUT2D eigenvalue weighted by Crippen LogP contribution is 2.30. The van der Waals surface area contributed by atoms with Gasteiger partial charge in [0.25, 0.3) is 0 Å². The summed E-state index contributed by atoms with van der Waals surface area (Å²) in [6.07, 6.45) is 0. The van der Waals surface area contributed by atoms with E-state index in [1.807, 2.05) is 12.1 Å². The van der Waals surface area contributed by atoms with Crippen LogP contribution in [0, 0.1) is 3.70 Å². The number of aromatic amines is 1. The SMILES string of the molecule is COc1cc2n[nH]c(I)c2cc1Cl. The van der Waals surface area contributed by atoms with Crippen LogP contribution in [0.1, 0.15) is 0 Å². The minimum Gasteiger partial charge on any atom is -0.495 e. The van der Waals surface area contributed by atoms with Crippen molar-refractivity contribution in [2.75, 3.05) is 7.11 Å². The van der Waals surface area contributed by atoms with Gasteiger partial charge < -0.3 is 4.74 Å². The quantitative estimate of drug-likeness (QED) is 0.823. The number of halogens is 2. The fourth-order valence-electron chi connectivity index (χ4n) is 1.14. The number of hydrogen-bond acceptors (Lipinski definition) is 2. The average molecular weight is 309 g/mol. The van der Waals surface area contributed by atoms with Crippen LogP contribution in [0.5, 0.6) is 5.75 Å². The van der Waals surface area contributed by atoms with Crippen molar-refractivity contribution in [3.63, 3.8) is 0 Å². The molecule has 0 aliphatic carbocycles. The Hall–Kier alpha value is -0.490. The van der Waals surface area contributed by atoms with Gasteiger partial charge in [0, 0.05) is 11.5 Å². The Morgan fingerprint density at radius 1 is 1.54 bits per heavy atom. The van der Waals surface area contributed by atoms with Gasteiger partial charge in [0.2, 0.25) is 0 Å². The summed E-state index contributed by atoms with van der Waals surface area (Å²) in [7, 11) is 1.59. The van der Waals surface area contributed by atoms with E-state index in [1.165, 1.54) is 0 Å². The lowest BCUT2D eigenvalue weighted by atomic mass is 10.2. The van der Waals surface area contributed by atoms with Gasteiger partial charge in [-0.05, 0) is 28.7 Å². The Morgan fingerprint density at radius 2 is 2.31 bits per heavy atom. The summed E-state index contributed by atoms with van der Waals surface area (Å²) in [5.74, 6) is 0.650. The Labute approximate surface area is 93.6 Å². The maximum atomic E-state index is 5.96. The van der Waals surface area contributed by atoms with Crippen LogP contribution in [0.25, 0.3) is 10.9 Å². The van der Waals surface area contributed by atoms with E-state index < -0.39 is 0 Å². The van der Waals surface area contributed by atoms with Crippen LogP contribution >= 0.6 is 34.2 Å². The molecular formula is C8H6ClIN2O. The molecule has 0 atom stereocenters. The summed E-state index contributed by atoms with van der Waals surface area (Å²) in [6.45, 7) is 0. The van der Waals surface area contributed by atoms with Crippen molar-refractivity contribution in [1.29, 1.82) is 0 Å². The molecule has 1 aromatic heterocycles. The van der Waals surface area contributed by atoms with Gasteiger partial charge in [-0.15, -0.1) is 0 Å². The maximum absolute atomic E-state index is 5.96. The van der Waals surface area contributed by atoms with Crippen LogP contribution in [-0.2, 0) is 0 Å². The molecular weight excluding hydrogens is 302 g/mol. The molecule has 3 nitrogen and oxygen atoms in total. The fraction of sp³-hybridized carbons (Fsp3) is 0.125. The highest BCUT2D eigenvalue weighted by molar-refractivity contribution is 14.1. The zero-order valence-corrected chi connectivity index (χ0v) is 9.68. The summed E-state index contributed by atoms with van der Waals surface area (Å²) in [5.41, 5.74) is 0.866. The van der Waals surface area contributed by atoms with Crippen LogP contribution < -0.4 is 4.74 Å². The van der Waals surface area contributed by atoms with Crippen molar-refractivity contribution in [1.82, 2.24) is 10.2 Å². The smallest absolute Gasteiger partial charge is 0.139 e. The minimum absolute atomic E-state index is 0.606. The summed E-state index contributed by atoms with van der Waals surface area (Å²) in [5, 5.41) is 8.60. The molecule has 1 aromatic carbocycles. The number of methoxy groups -OCH3 is 1. The average Bonchev–Trinajstić information content (AvgIpc) is 2.47. The largest absolute Gasteiger partial charge is 0.495 e. The van der Waals surface area contributed by atoms with E-state index in [4.69, 9.17) is 16.3 Å². The first-order valence-corrected chi connectivity index (χ1v) is 5.05. The molecule has 2 rings (SSSR count). The molecule has 0 aliphatic rings. The molecule has 5 heteroatoms. The minimum atomic E-state index is 0.606. The Kier molecular flexibility index (Phi) is 2.33. The third-order valence-corrected chi connectivity index (χ3v) is 2.90. The van der Waals surface area contributed by atoms with E-state index in [2.05, 4.69) is 32.8 Å². The van der Waals surface area contributed by atoms with Crippen LogP contribution in [0.3, 0.4) is 0 Å². The van der Waals surface area contributed by atoms with Crippen LogP contribution in [0.2, 0.25) is 5.02 Å². The predicted octanol–water partition coefficient (Wildman–Crippen LogP) is 2.83. The molecule has 2 aromatic rings. The Morgan fingerprint density at radius 3 is 3.00 bits per heavy atom. The normalized spacial score (nSPS) is 10.7. The van der Waals surface area contributed by atoms with Crippen LogP contribution in [-0.4, -0.2) is 17.3 Å². The number of hydrogen-bond donors (Lipinski definition) is 1. The first kappa shape index (κ1) is 9.08. The van der Waals surface area contributed by atoms with Gasteiger partial charge in [0.1, 0.15) is 9.45 Å². The molecule has 1 heterocycles. The van der Waals surface area contributed by atoms with Crippen molar-refractivity contribution in [3.8, 4) is 5.75 Å². The molecule has 0 saturated carbocycles. The number of fused-ring (bicyclic) bond motifs is 1. The number of nitrogens with one attached hydrogen (secondary N) is 1. The van der Waals surface area contributed by atoms with Crippen LogP contribution in [0.15, 0.2) is 12.1 Å². The number of benzene rings is 1. The van der Waals surface area contributed by atoms with Gasteiger partial charge in [-0.3, -0.25) is 5.10 Å². The number of nitrogens with zero attached hydrogens (tertiary/aromatic N) is 1. The van der Waals surface area contributed by atoms with E-state index in [9.17, 15) is 0 Å². The van der Waals surface area contributed by atoms with Gasteiger partial charge >= 0.3 is 0 Å². The van der Waals surface area contributed by atoms with E-state index in [1.54, 1.807) is 7.11 Å². The highest BCUT2D eigenvalue weighted by Gasteiger charge is 2.07. The molecule has 0 fully saturated rings. The molecule has 0 unspecified atom stereocenters. The summed E-state index contributed by atoms with van der Waals surface area (Å²) >= 11 is 8.14. The van der Waals surface area contributed by atoms with Gasteiger partial charge in [0.15, 0.2) is 0 Å². The van der Waals surface area contributed by atoms with Crippen LogP contribution in [0.4, 0.5) is 0 Å². The number of aromatic nitrogens is 2. The van der Waals surface area contributed by atoms with Crippen molar-refractivity contribution in [2.45, 2.75) is 0 Å².